The maximum Gasteiger partial charge on any atom is 0.283 e. The van der Waals surface area contributed by atoms with Gasteiger partial charge < -0.3 is 9.30 Å². The van der Waals surface area contributed by atoms with Gasteiger partial charge in [-0.3, -0.25) is 15.2 Å². The van der Waals surface area contributed by atoms with Crippen LogP contribution in [0.1, 0.15) is 16.7 Å². The second-order valence-corrected chi connectivity index (χ2v) is 9.87. The molecule has 0 saturated heterocycles. The van der Waals surface area contributed by atoms with Crippen molar-refractivity contribution in [2.75, 3.05) is 6.61 Å². The topological polar surface area (TPSA) is 95.9 Å². The molecule has 0 atom stereocenters. The summed E-state index contributed by atoms with van der Waals surface area (Å²) in [5.41, 5.74) is 3.93. The molecule has 2 aromatic heterocycles. The molecule has 0 radical (unpaired) electrons. The van der Waals surface area contributed by atoms with Crippen LogP contribution in [-0.2, 0) is 17.8 Å². The van der Waals surface area contributed by atoms with Gasteiger partial charge in [0.1, 0.15) is 17.4 Å². The Morgan fingerprint density at radius 1 is 1.08 bits per heavy atom. The third-order valence-electron chi connectivity index (χ3n) is 6.41. The average Bonchev–Trinajstić information content (AvgIpc) is 3.54. The highest BCUT2D eigenvalue weighted by Gasteiger charge is 2.36. The standard InChI is InChI=1S/C30H24N6O2S/c1-2-8-20-9-3-6-13-26(20)38-16-15-35-19-22(23-11-4-5-12-25(23)35)17-24-27(31)36-30(33-28(24)37)39-29(34-36)21-10-7-14-32-18-21/h2-7,9-14,17-19,31H,1,8,15-16H2/b24-17-,31-27?. The van der Waals surface area contributed by atoms with Crippen molar-refractivity contribution in [2.45, 2.75) is 13.0 Å². The number of pyridine rings is 1. The Morgan fingerprint density at radius 2 is 1.92 bits per heavy atom. The van der Waals surface area contributed by atoms with Gasteiger partial charge in [0.05, 0.1) is 12.1 Å². The highest BCUT2D eigenvalue weighted by atomic mass is 32.2. The maximum absolute atomic E-state index is 13.0. The lowest BCUT2D eigenvalue weighted by Gasteiger charge is -2.20. The third-order valence-corrected chi connectivity index (χ3v) is 7.37. The molecule has 192 valence electrons. The fraction of sp³-hybridized carbons (Fsp3) is 0.100. The number of hydrogen-bond donors (Lipinski definition) is 1. The summed E-state index contributed by atoms with van der Waals surface area (Å²) in [6.45, 7) is 4.92. The van der Waals surface area contributed by atoms with E-state index in [9.17, 15) is 4.79 Å². The molecule has 4 heterocycles. The Balaban J connectivity index is 1.27. The molecule has 0 spiro atoms. The summed E-state index contributed by atoms with van der Waals surface area (Å²) in [7, 11) is 0. The van der Waals surface area contributed by atoms with E-state index in [-0.39, 0.29) is 11.4 Å². The smallest absolute Gasteiger partial charge is 0.283 e. The van der Waals surface area contributed by atoms with Crippen LogP contribution in [0.5, 0.6) is 5.75 Å². The predicted molar refractivity (Wildman–Crippen MR) is 156 cm³/mol. The molecule has 2 aromatic carbocycles. The number of nitrogens with zero attached hydrogens (tertiary/aromatic N) is 5. The number of hydrazone groups is 1. The van der Waals surface area contributed by atoms with Gasteiger partial charge in [-0.2, -0.15) is 15.1 Å². The van der Waals surface area contributed by atoms with Crippen LogP contribution in [0, 0.1) is 5.41 Å². The minimum absolute atomic E-state index is 0.00428. The Kier molecular flexibility index (Phi) is 6.64. The van der Waals surface area contributed by atoms with Gasteiger partial charge in [-0.05, 0) is 54.1 Å². The first kappa shape index (κ1) is 24.6. The van der Waals surface area contributed by atoms with Gasteiger partial charge in [-0.25, -0.2) is 0 Å². The van der Waals surface area contributed by atoms with Crippen molar-refractivity contribution in [2.24, 2.45) is 10.1 Å². The van der Waals surface area contributed by atoms with Gasteiger partial charge in [0, 0.05) is 40.6 Å². The van der Waals surface area contributed by atoms with Crippen molar-refractivity contribution < 1.29 is 9.53 Å². The van der Waals surface area contributed by atoms with E-state index in [0.29, 0.717) is 23.4 Å². The van der Waals surface area contributed by atoms with Crippen molar-refractivity contribution in [1.29, 1.82) is 5.41 Å². The molecule has 8 nitrogen and oxygen atoms in total. The molecule has 0 bridgehead atoms. The number of aromatic nitrogens is 2. The van der Waals surface area contributed by atoms with Gasteiger partial charge in [-0.15, -0.1) is 6.58 Å². The number of aliphatic imine (C=N–C) groups is 1. The molecule has 0 fully saturated rings. The first-order valence-electron chi connectivity index (χ1n) is 12.4. The average molecular weight is 533 g/mol. The molecular weight excluding hydrogens is 508 g/mol. The van der Waals surface area contributed by atoms with Gasteiger partial charge in [0.25, 0.3) is 5.91 Å². The van der Waals surface area contributed by atoms with Crippen LogP contribution in [0.4, 0.5) is 0 Å². The van der Waals surface area contributed by atoms with Crippen LogP contribution >= 0.6 is 11.8 Å². The van der Waals surface area contributed by atoms with E-state index in [2.05, 4.69) is 26.2 Å². The van der Waals surface area contributed by atoms with Crippen LogP contribution in [0.3, 0.4) is 0 Å². The third kappa shape index (κ3) is 4.80. The number of benzene rings is 2. The SMILES string of the molecule is C=CCc1ccccc1OCCn1cc(/C=C2/C(=N)N3N=C(c4cccnc4)SC3=NC2=O)c2ccccc21. The van der Waals surface area contributed by atoms with Gasteiger partial charge >= 0.3 is 0 Å². The molecule has 0 saturated carbocycles. The molecule has 2 aliphatic heterocycles. The predicted octanol–water partition coefficient (Wildman–Crippen LogP) is 5.51. The number of thioether (sulfide) groups is 1. The Bertz CT molecular complexity index is 1700. The van der Waals surface area contributed by atoms with E-state index in [4.69, 9.17) is 10.1 Å². The maximum atomic E-state index is 13.0. The minimum atomic E-state index is -0.458. The summed E-state index contributed by atoms with van der Waals surface area (Å²) in [6, 6.07) is 19.7. The molecule has 6 rings (SSSR count). The summed E-state index contributed by atoms with van der Waals surface area (Å²) in [5, 5.41) is 16.7. The number of amides is 1. The Hall–Kier alpha value is -4.76. The van der Waals surface area contributed by atoms with Crippen molar-refractivity contribution in [3.05, 3.63) is 114 Å². The van der Waals surface area contributed by atoms with Gasteiger partial charge in [0.15, 0.2) is 5.84 Å². The number of amidine groups is 2. The van der Waals surface area contributed by atoms with E-state index < -0.39 is 5.91 Å². The van der Waals surface area contributed by atoms with Crippen LogP contribution in [0.25, 0.3) is 17.0 Å². The lowest BCUT2D eigenvalue weighted by molar-refractivity contribution is -0.114. The number of fused-ring (bicyclic) bond motifs is 2. The Morgan fingerprint density at radius 3 is 2.77 bits per heavy atom. The lowest BCUT2D eigenvalue weighted by Crippen LogP contribution is -2.35. The van der Waals surface area contributed by atoms with E-state index in [1.54, 1.807) is 18.5 Å². The van der Waals surface area contributed by atoms with Crippen LogP contribution in [-0.4, -0.2) is 43.1 Å². The van der Waals surface area contributed by atoms with Crippen molar-refractivity contribution in [3.8, 4) is 5.75 Å². The first-order valence-corrected chi connectivity index (χ1v) is 13.2. The zero-order valence-electron chi connectivity index (χ0n) is 20.9. The number of allylic oxidation sites excluding steroid dienone is 1. The zero-order chi connectivity index (χ0) is 26.8. The molecule has 9 heteroatoms. The number of carbonyl (C=O) groups excluding carboxylic acids is 1. The van der Waals surface area contributed by atoms with Crippen LogP contribution in [0.15, 0.2) is 108 Å². The quantitative estimate of drug-likeness (QED) is 0.238. The molecule has 1 N–H and O–H groups in total. The summed E-state index contributed by atoms with van der Waals surface area (Å²) in [4.78, 5) is 21.4. The summed E-state index contributed by atoms with van der Waals surface area (Å²) < 4.78 is 8.22. The van der Waals surface area contributed by atoms with E-state index in [0.717, 1.165) is 39.8 Å². The number of rotatable bonds is 8. The molecule has 39 heavy (non-hydrogen) atoms. The highest BCUT2D eigenvalue weighted by Crippen LogP contribution is 2.32. The highest BCUT2D eigenvalue weighted by molar-refractivity contribution is 8.27. The number of hydrogen-bond acceptors (Lipinski definition) is 6. The first-order chi connectivity index (χ1) is 19.1. The summed E-state index contributed by atoms with van der Waals surface area (Å²) in [5.74, 6) is 0.386. The molecule has 1 amide bonds. The fourth-order valence-corrected chi connectivity index (χ4v) is 5.43. The summed E-state index contributed by atoms with van der Waals surface area (Å²) in [6.07, 6.45) is 9.71. The molecule has 0 unspecified atom stereocenters. The number of para-hydroxylation sites is 2. The second-order valence-electron chi connectivity index (χ2n) is 8.91. The molecule has 2 aliphatic rings. The zero-order valence-corrected chi connectivity index (χ0v) is 21.8. The largest absolute Gasteiger partial charge is 0.491 e. The van der Waals surface area contributed by atoms with Gasteiger partial charge in [-0.1, -0.05) is 42.5 Å². The van der Waals surface area contributed by atoms with E-state index >= 15 is 0 Å². The van der Waals surface area contributed by atoms with E-state index in [1.807, 2.05) is 72.9 Å². The molecule has 4 aromatic rings. The Labute approximate surface area is 229 Å². The van der Waals surface area contributed by atoms with Crippen molar-refractivity contribution >= 4 is 50.7 Å². The second kappa shape index (κ2) is 10.5. The minimum Gasteiger partial charge on any atom is -0.491 e. The van der Waals surface area contributed by atoms with Gasteiger partial charge in [0.2, 0.25) is 5.17 Å². The molecule has 0 aliphatic carbocycles. The lowest BCUT2D eigenvalue weighted by atomic mass is 10.1. The fourth-order valence-electron chi connectivity index (χ4n) is 4.55. The van der Waals surface area contributed by atoms with Crippen molar-refractivity contribution in [1.82, 2.24) is 14.6 Å². The van der Waals surface area contributed by atoms with Crippen LogP contribution in [0.2, 0.25) is 0 Å². The van der Waals surface area contributed by atoms with Crippen LogP contribution < -0.4 is 4.74 Å². The van der Waals surface area contributed by atoms with Crippen molar-refractivity contribution in [3.63, 3.8) is 0 Å². The number of nitrogens with one attached hydrogen (secondary N) is 1. The monoisotopic (exact) mass is 532 g/mol. The van der Waals surface area contributed by atoms with E-state index in [1.165, 1.54) is 16.8 Å². The number of ether oxygens (including phenoxy) is 1. The normalized spacial score (nSPS) is 15.9. The molecular formula is C30H24N6O2S. The number of carbonyl (C=O) groups is 1. The summed E-state index contributed by atoms with van der Waals surface area (Å²) >= 11 is 1.25.